The minimum Gasteiger partial charge on any atom is -0.478 e. The van der Waals surface area contributed by atoms with Crippen LogP contribution in [0.1, 0.15) is 28.8 Å². The first-order chi connectivity index (χ1) is 9.06. The number of hydrogen-bond acceptors (Lipinski definition) is 3. The number of piperidine rings is 1. The summed E-state index contributed by atoms with van der Waals surface area (Å²) in [4.78, 5) is 24.1. The van der Waals surface area contributed by atoms with Crippen molar-refractivity contribution in [3.05, 3.63) is 35.4 Å². The van der Waals surface area contributed by atoms with E-state index in [1.54, 1.807) is 12.1 Å². The van der Waals surface area contributed by atoms with Gasteiger partial charge in [-0.15, -0.1) is 0 Å². The van der Waals surface area contributed by atoms with E-state index in [0.29, 0.717) is 5.56 Å². The summed E-state index contributed by atoms with van der Waals surface area (Å²) in [6.07, 6.45) is 1.62. The van der Waals surface area contributed by atoms with Crippen LogP contribution in [0.5, 0.6) is 0 Å². The highest BCUT2D eigenvalue weighted by Gasteiger charge is 2.22. The van der Waals surface area contributed by atoms with Crippen molar-refractivity contribution < 1.29 is 14.7 Å². The molecule has 0 spiro atoms. The molecule has 3 N–H and O–H groups in total. The van der Waals surface area contributed by atoms with Gasteiger partial charge in [-0.1, -0.05) is 12.1 Å². The van der Waals surface area contributed by atoms with E-state index in [9.17, 15) is 9.59 Å². The summed E-state index contributed by atoms with van der Waals surface area (Å²) in [6, 6.07) is 6.91. The molecule has 1 heterocycles. The number of nitrogens with two attached hydrogens (primary N) is 1. The lowest BCUT2D eigenvalue weighted by atomic mass is 9.96. The summed E-state index contributed by atoms with van der Waals surface area (Å²) in [5.74, 6) is -1.11. The van der Waals surface area contributed by atoms with Crippen molar-refractivity contribution in [1.82, 2.24) is 4.90 Å². The first kappa shape index (κ1) is 13.5. The summed E-state index contributed by atoms with van der Waals surface area (Å²) in [5, 5.41) is 8.82. The van der Waals surface area contributed by atoms with Crippen LogP contribution in [-0.2, 0) is 11.3 Å². The molecule has 1 aromatic carbocycles. The number of aromatic carboxylic acids is 1. The van der Waals surface area contributed by atoms with Crippen molar-refractivity contribution >= 4 is 11.9 Å². The molecule has 1 fully saturated rings. The summed E-state index contributed by atoms with van der Waals surface area (Å²) in [5.41, 5.74) is 6.68. The second-order valence-corrected chi connectivity index (χ2v) is 4.95. The van der Waals surface area contributed by atoms with Gasteiger partial charge in [-0.25, -0.2) is 4.79 Å². The van der Waals surface area contributed by atoms with Crippen LogP contribution in [0.15, 0.2) is 24.3 Å². The van der Waals surface area contributed by atoms with Gasteiger partial charge in [-0.3, -0.25) is 9.69 Å². The van der Waals surface area contributed by atoms with E-state index in [2.05, 4.69) is 4.90 Å². The Kier molecular flexibility index (Phi) is 4.16. The zero-order valence-corrected chi connectivity index (χ0v) is 10.7. The van der Waals surface area contributed by atoms with Crippen LogP contribution in [0, 0.1) is 5.92 Å². The molecule has 102 valence electrons. The number of hydrogen-bond donors (Lipinski definition) is 2. The Balaban J connectivity index is 1.88. The zero-order chi connectivity index (χ0) is 13.8. The first-order valence-electron chi connectivity index (χ1n) is 6.40. The molecule has 0 radical (unpaired) electrons. The van der Waals surface area contributed by atoms with Crippen LogP contribution in [0.4, 0.5) is 0 Å². The molecule has 0 saturated carbocycles. The summed E-state index contributed by atoms with van der Waals surface area (Å²) < 4.78 is 0. The topological polar surface area (TPSA) is 83.6 Å². The Labute approximate surface area is 112 Å². The maximum atomic E-state index is 11.1. The third-order valence-electron chi connectivity index (χ3n) is 3.60. The lowest BCUT2D eigenvalue weighted by molar-refractivity contribution is -0.123. The highest BCUT2D eigenvalue weighted by molar-refractivity contribution is 5.87. The quantitative estimate of drug-likeness (QED) is 0.850. The number of carboxylic acid groups (broad SMARTS) is 1. The molecule has 19 heavy (non-hydrogen) atoms. The average molecular weight is 262 g/mol. The van der Waals surface area contributed by atoms with Gasteiger partial charge in [0.15, 0.2) is 0 Å². The largest absolute Gasteiger partial charge is 0.478 e. The monoisotopic (exact) mass is 262 g/mol. The van der Waals surface area contributed by atoms with Crippen LogP contribution in [0.25, 0.3) is 0 Å². The number of carboxylic acids is 1. The molecular weight excluding hydrogens is 244 g/mol. The Bertz CT molecular complexity index is 462. The Morgan fingerprint density at radius 2 is 1.79 bits per heavy atom. The van der Waals surface area contributed by atoms with E-state index in [1.165, 1.54) is 0 Å². The molecule has 0 bridgehead atoms. The third kappa shape index (κ3) is 3.54. The molecule has 1 aromatic rings. The highest BCUT2D eigenvalue weighted by Crippen LogP contribution is 2.18. The van der Waals surface area contributed by atoms with Crippen LogP contribution >= 0.6 is 0 Å². The lowest BCUT2D eigenvalue weighted by Crippen LogP contribution is -2.38. The molecule has 0 atom stereocenters. The van der Waals surface area contributed by atoms with Gasteiger partial charge in [-0.05, 0) is 43.6 Å². The number of primary amides is 1. The molecule has 5 heteroatoms. The van der Waals surface area contributed by atoms with E-state index in [-0.39, 0.29) is 11.8 Å². The number of carbonyl (C=O) groups excluding carboxylic acids is 1. The number of likely N-dealkylation sites (tertiary alicyclic amines) is 1. The van der Waals surface area contributed by atoms with Gasteiger partial charge >= 0.3 is 5.97 Å². The Morgan fingerprint density at radius 3 is 2.26 bits per heavy atom. The molecule has 2 rings (SSSR count). The average Bonchev–Trinajstić information content (AvgIpc) is 2.40. The Morgan fingerprint density at radius 1 is 1.21 bits per heavy atom. The van der Waals surface area contributed by atoms with E-state index in [4.69, 9.17) is 10.8 Å². The predicted octanol–water partition coefficient (Wildman–Crippen LogP) is 1.08. The fraction of sp³-hybridized carbons (Fsp3) is 0.429. The van der Waals surface area contributed by atoms with Gasteiger partial charge in [0.2, 0.25) is 5.91 Å². The summed E-state index contributed by atoms with van der Waals surface area (Å²) >= 11 is 0. The smallest absolute Gasteiger partial charge is 0.335 e. The molecule has 1 saturated heterocycles. The van der Waals surface area contributed by atoms with E-state index < -0.39 is 5.97 Å². The lowest BCUT2D eigenvalue weighted by Gasteiger charge is -2.30. The molecule has 0 aliphatic carbocycles. The molecule has 0 aromatic heterocycles. The first-order valence-corrected chi connectivity index (χ1v) is 6.40. The molecule has 1 amide bonds. The van der Waals surface area contributed by atoms with Crippen LogP contribution in [0.2, 0.25) is 0 Å². The standard InChI is InChI=1S/C14H18N2O3/c15-13(17)11-5-7-16(8-6-11)9-10-1-3-12(4-2-10)14(18)19/h1-4,11H,5-9H2,(H2,15,17)(H,18,19). The van der Waals surface area contributed by atoms with Gasteiger partial charge in [0.05, 0.1) is 5.56 Å². The summed E-state index contributed by atoms with van der Waals surface area (Å²) in [7, 11) is 0. The van der Waals surface area contributed by atoms with E-state index >= 15 is 0 Å². The zero-order valence-electron chi connectivity index (χ0n) is 10.7. The maximum absolute atomic E-state index is 11.1. The minimum atomic E-state index is -0.908. The molecule has 0 unspecified atom stereocenters. The number of carbonyl (C=O) groups is 2. The third-order valence-corrected chi connectivity index (χ3v) is 3.60. The van der Waals surface area contributed by atoms with Crippen LogP contribution in [-0.4, -0.2) is 35.0 Å². The van der Waals surface area contributed by atoms with Crippen molar-refractivity contribution in [2.75, 3.05) is 13.1 Å². The second kappa shape index (κ2) is 5.84. The molecular formula is C14H18N2O3. The predicted molar refractivity (Wildman–Crippen MR) is 70.6 cm³/mol. The fourth-order valence-electron chi connectivity index (χ4n) is 2.39. The minimum absolute atomic E-state index is 0.00522. The SMILES string of the molecule is NC(=O)C1CCN(Cc2ccc(C(=O)O)cc2)CC1. The van der Waals surface area contributed by atoms with Crippen molar-refractivity contribution in [3.63, 3.8) is 0 Å². The molecule has 5 nitrogen and oxygen atoms in total. The summed E-state index contributed by atoms with van der Waals surface area (Å²) in [6.45, 7) is 2.49. The van der Waals surface area contributed by atoms with Gasteiger partial charge in [-0.2, -0.15) is 0 Å². The van der Waals surface area contributed by atoms with E-state index in [0.717, 1.165) is 38.0 Å². The van der Waals surface area contributed by atoms with Crippen molar-refractivity contribution in [2.24, 2.45) is 11.7 Å². The van der Waals surface area contributed by atoms with Crippen LogP contribution in [0.3, 0.4) is 0 Å². The molecule has 1 aliphatic heterocycles. The maximum Gasteiger partial charge on any atom is 0.335 e. The van der Waals surface area contributed by atoms with E-state index in [1.807, 2.05) is 12.1 Å². The van der Waals surface area contributed by atoms with Gasteiger partial charge in [0.25, 0.3) is 0 Å². The number of rotatable bonds is 4. The van der Waals surface area contributed by atoms with Crippen molar-refractivity contribution in [2.45, 2.75) is 19.4 Å². The normalized spacial score (nSPS) is 17.3. The Hall–Kier alpha value is -1.88. The highest BCUT2D eigenvalue weighted by atomic mass is 16.4. The van der Waals surface area contributed by atoms with Gasteiger partial charge < -0.3 is 10.8 Å². The number of benzene rings is 1. The molecule has 1 aliphatic rings. The number of nitrogens with zero attached hydrogens (tertiary/aromatic N) is 1. The van der Waals surface area contributed by atoms with Gasteiger partial charge in [0.1, 0.15) is 0 Å². The van der Waals surface area contributed by atoms with Gasteiger partial charge in [0, 0.05) is 12.5 Å². The number of amides is 1. The van der Waals surface area contributed by atoms with Crippen molar-refractivity contribution in [3.8, 4) is 0 Å². The van der Waals surface area contributed by atoms with Crippen molar-refractivity contribution in [1.29, 1.82) is 0 Å². The fourth-order valence-corrected chi connectivity index (χ4v) is 2.39. The van der Waals surface area contributed by atoms with Crippen LogP contribution < -0.4 is 5.73 Å². The second-order valence-electron chi connectivity index (χ2n) is 4.95.